The lowest BCUT2D eigenvalue weighted by atomic mass is 10.2. The molecule has 3 amide bonds. The number of ether oxygens (including phenoxy) is 1. The van der Waals surface area contributed by atoms with E-state index in [1.165, 1.54) is 6.21 Å². The lowest BCUT2D eigenvalue weighted by Crippen LogP contribution is -2.37. The predicted octanol–water partition coefficient (Wildman–Crippen LogP) is 3.78. The summed E-state index contributed by atoms with van der Waals surface area (Å²) in [4.78, 5) is 35.7. The minimum absolute atomic E-state index is 0.179. The zero-order chi connectivity index (χ0) is 24.3. The van der Waals surface area contributed by atoms with Crippen molar-refractivity contribution < 1.29 is 19.1 Å². The van der Waals surface area contributed by atoms with Crippen LogP contribution in [0, 0.1) is 0 Å². The number of carbonyl (C=O) groups excluding carboxylic acids is 3. The van der Waals surface area contributed by atoms with E-state index in [9.17, 15) is 14.4 Å². The van der Waals surface area contributed by atoms with Crippen LogP contribution in [0.15, 0.2) is 77.9 Å². The number of amides is 3. The summed E-state index contributed by atoms with van der Waals surface area (Å²) in [6, 6.07) is 20.3. The van der Waals surface area contributed by atoms with Crippen molar-refractivity contribution in [1.29, 1.82) is 0 Å². The highest BCUT2D eigenvalue weighted by Crippen LogP contribution is 2.15. The zero-order valence-electron chi connectivity index (χ0n) is 17.8. The summed E-state index contributed by atoms with van der Waals surface area (Å²) in [5.41, 5.74) is 4.19. The third-order valence-corrected chi connectivity index (χ3v) is 4.80. The summed E-state index contributed by atoms with van der Waals surface area (Å²) in [7, 11) is 0. The minimum atomic E-state index is -0.893. The average molecular weight is 499 g/mol. The van der Waals surface area contributed by atoms with Crippen LogP contribution in [0.4, 0.5) is 5.69 Å². The lowest BCUT2D eigenvalue weighted by Gasteiger charge is -2.08. The fourth-order valence-electron chi connectivity index (χ4n) is 2.64. The Balaban J connectivity index is 1.39. The molecule has 3 N–H and O–H groups in total. The van der Waals surface area contributed by atoms with Crippen LogP contribution in [0.2, 0.25) is 10.0 Å². The Morgan fingerprint density at radius 1 is 0.882 bits per heavy atom. The minimum Gasteiger partial charge on any atom is -0.484 e. The molecular formula is C24H20Cl2N4O4. The molecule has 0 atom stereocenters. The van der Waals surface area contributed by atoms with Crippen molar-refractivity contribution in [1.82, 2.24) is 10.7 Å². The largest absolute Gasteiger partial charge is 0.484 e. The second kappa shape index (κ2) is 12.4. The number of hydrogen-bond donors (Lipinski definition) is 3. The van der Waals surface area contributed by atoms with E-state index in [0.717, 1.165) is 5.56 Å². The normalized spacial score (nSPS) is 10.5. The smallest absolute Gasteiger partial charge is 0.329 e. The van der Waals surface area contributed by atoms with Crippen LogP contribution in [-0.4, -0.2) is 30.5 Å². The predicted molar refractivity (Wildman–Crippen MR) is 131 cm³/mol. The molecule has 0 aromatic heterocycles. The average Bonchev–Trinajstić information content (AvgIpc) is 2.83. The van der Waals surface area contributed by atoms with Crippen LogP contribution < -0.4 is 20.8 Å². The fraction of sp³-hybridized carbons (Fsp3) is 0.0833. The Hall–Kier alpha value is -3.88. The van der Waals surface area contributed by atoms with Gasteiger partial charge in [0.15, 0.2) is 6.61 Å². The fourth-order valence-corrected chi connectivity index (χ4v) is 2.96. The number of carbonyl (C=O) groups is 3. The van der Waals surface area contributed by atoms with E-state index >= 15 is 0 Å². The van der Waals surface area contributed by atoms with Crippen molar-refractivity contribution >= 4 is 52.8 Å². The van der Waals surface area contributed by atoms with Crippen molar-refractivity contribution in [2.45, 2.75) is 6.54 Å². The summed E-state index contributed by atoms with van der Waals surface area (Å²) in [5, 5.41) is 10.0. The van der Waals surface area contributed by atoms with Gasteiger partial charge in [-0.2, -0.15) is 5.10 Å². The van der Waals surface area contributed by atoms with E-state index in [4.69, 9.17) is 27.9 Å². The molecule has 0 saturated carbocycles. The topological polar surface area (TPSA) is 109 Å². The van der Waals surface area contributed by atoms with Gasteiger partial charge in [-0.1, -0.05) is 41.4 Å². The van der Waals surface area contributed by atoms with Crippen LogP contribution >= 0.6 is 23.2 Å². The van der Waals surface area contributed by atoms with Gasteiger partial charge in [-0.15, -0.1) is 0 Å². The van der Waals surface area contributed by atoms with Crippen LogP contribution in [0.25, 0.3) is 0 Å². The summed E-state index contributed by atoms with van der Waals surface area (Å²) >= 11 is 11.7. The molecule has 0 aliphatic rings. The molecule has 0 saturated heterocycles. The Labute approximate surface area is 205 Å². The highest BCUT2D eigenvalue weighted by molar-refractivity contribution is 6.35. The second-order valence-electron chi connectivity index (χ2n) is 6.92. The van der Waals surface area contributed by atoms with Gasteiger partial charge in [-0.25, -0.2) is 5.43 Å². The van der Waals surface area contributed by atoms with Gasteiger partial charge < -0.3 is 15.4 Å². The number of halogens is 2. The molecular weight excluding hydrogens is 479 g/mol. The maximum absolute atomic E-state index is 12.0. The maximum atomic E-state index is 12.0. The Morgan fingerprint density at radius 2 is 1.62 bits per heavy atom. The molecule has 8 nitrogen and oxygen atoms in total. The van der Waals surface area contributed by atoms with Crippen molar-refractivity contribution in [3.05, 3.63) is 94.0 Å². The monoisotopic (exact) mass is 498 g/mol. The highest BCUT2D eigenvalue weighted by atomic mass is 35.5. The van der Waals surface area contributed by atoms with Gasteiger partial charge in [-0.05, 0) is 65.7 Å². The van der Waals surface area contributed by atoms with E-state index in [1.54, 1.807) is 72.8 Å². The van der Waals surface area contributed by atoms with Crippen LogP contribution in [0.3, 0.4) is 0 Å². The van der Waals surface area contributed by atoms with Gasteiger partial charge in [0.25, 0.3) is 5.91 Å². The quantitative estimate of drug-likeness (QED) is 0.249. The SMILES string of the molecule is O=C(COc1ccc(/C=N\NC(=O)C(=O)NCc2ccc(Cl)cc2)cc1)Nc1cccc(Cl)c1. The van der Waals surface area contributed by atoms with Crippen molar-refractivity contribution in [3.8, 4) is 5.75 Å². The van der Waals surface area contributed by atoms with Gasteiger partial charge >= 0.3 is 11.8 Å². The van der Waals surface area contributed by atoms with Crippen LogP contribution in [0.5, 0.6) is 5.75 Å². The van der Waals surface area contributed by atoms with Crippen molar-refractivity contribution in [2.75, 3.05) is 11.9 Å². The molecule has 3 rings (SSSR count). The molecule has 174 valence electrons. The Bertz CT molecular complexity index is 1180. The van der Waals surface area contributed by atoms with E-state index in [0.29, 0.717) is 27.0 Å². The summed E-state index contributed by atoms with van der Waals surface area (Å²) in [6.07, 6.45) is 1.38. The molecule has 3 aromatic rings. The molecule has 3 aromatic carbocycles. The molecule has 10 heteroatoms. The van der Waals surface area contributed by atoms with Crippen molar-refractivity contribution in [2.24, 2.45) is 5.10 Å². The summed E-state index contributed by atoms with van der Waals surface area (Å²) in [5.74, 6) is -1.56. The number of benzene rings is 3. The Morgan fingerprint density at radius 3 is 2.32 bits per heavy atom. The first kappa shape index (κ1) is 24.8. The molecule has 34 heavy (non-hydrogen) atoms. The van der Waals surface area contributed by atoms with E-state index in [2.05, 4.69) is 21.2 Å². The first-order chi connectivity index (χ1) is 16.4. The van der Waals surface area contributed by atoms with E-state index in [1.807, 2.05) is 0 Å². The van der Waals surface area contributed by atoms with Gasteiger partial charge in [0.2, 0.25) is 0 Å². The number of hydrazone groups is 1. The first-order valence-corrected chi connectivity index (χ1v) is 10.8. The van der Waals surface area contributed by atoms with Crippen molar-refractivity contribution in [3.63, 3.8) is 0 Å². The maximum Gasteiger partial charge on any atom is 0.329 e. The van der Waals surface area contributed by atoms with Gasteiger partial charge in [0, 0.05) is 22.3 Å². The molecule has 0 bridgehead atoms. The first-order valence-electron chi connectivity index (χ1n) is 10.0. The lowest BCUT2D eigenvalue weighted by molar-refractivity contribution is -0.139. The zero-order valence-corrected chi connectivity index (χ0v) is 19.3. The Kier molecular flexibility index (Phi) is 9.02. The third-order valence-electron chi connectivity index (χ3n) is 4.31. The van der Waals surface area contributed by atoms with Gasteiger partial charge in [0.05, 0.1) is 6.21 Å². The molecule has 0 aliphatic heterocycles. The number of hydrogen-bond acceptors (Lipinski definition) is 5. The standard InChI is InChI=1S/C24H20Cl2N4O4/c25-18-8-4-16(5-9-18)13-27-23(32)24(33)30-28-14-17-6-10-21(11-7-17)34-15-22(31)29-20-3-1-2-19(26)12-20/h1-12,14H,13,15H2,(H,27,32)(H,29,31)(H,30,33)/b28-14-. The van der Waals surface area contributed by atoms with E-state index in [-0.39, 0.29) is 19.1 Å². The molecule has 0 radical (unpaired) electrons. The van der Waals surface area contributed by atoms with Gasteiger partial charge in [0.1, 0.15) is 5.75 Å². The second-order valence-corrected chi connectivity index (χ2v) is 7.80. The number of anilines is 1. The highest BCUT2D eigenvalue weighted by Gasteiger charge is 2.12. The number of nitrogens with one attached hydrogen (secondary N) is 3. The summed E-state index contributed by atoms with van der Waals surface area (Å²) < 4.78 is 5.45. The number of nitrogens with zero attached hydrogens (tertiary/aromatic N) is 1. The third kappa shape index (κ3) is 8.23. The van der Waals surface area contributed by atoms with Gasteiger partial charge in [-0.3, -0.25) is 14.4 Å². The molecule has 0 fully saturated rings. The van der Waals surface area contributed by atoms with Crippen LogP contribution in [-0.2, 0) is 20.9 Å². The molecule has 0 aliphatic carbocycles. The van der Waals surface area contributed by atoms with E-state index < -0.39 is 11.8 Å². The number of rotatable bonds is 8. The molecule has 0 heterocycles. The molecule has 0 spiro atoms. The van der Waals surface area contributed by atoms with Crippen LogP contribution in [0.1, 0.15) is 11.1 Å². The summed E-state index contributed by atoms with van der Waals surface area (Å²) in [6.45, 7) is 0.00680. The molecule has 0 unspecified atom stereocenters.